The third-order valence-electron chi connectivity index (χ3n) is 4.59. The van der Waals surface area contributed by atoms with Crippen molar-refractivity contribution in [3.63, 3.8) is 0 Å². The fourth-order valence-electron chi connectivity index (χ4n) is 3.33. The third-order valence-corrected chi connectivity index (χ3v) is 6.20. The fraction of sp³-hybridized carbons (Fsp3) is 0.143. The van der Waals surface area contributed by atoms with Crippen molar-refractivity contribution in [3.8, 4) is 11.1 Å². The van der Waals surface area contributed by atoms with Gasteiger partial charge < -0.3 is 10.2 Å². The van der Waals surface area contributed by atoms with E-state index in [0.29, 0.717) is 4.88 Å². The Morgan fingerprint density at radius 1 is 1.07 bits per heavy atom. The number of hydrogen-bond donors (Lipinski definition) is 1. The van der Waals surface area contributed by atoms with Gasteiger partial charge in [0.1, 0.15) is 0 Å². The molecule has 0 saturated carbocycles. The van der Waals surface area contributed by atoms with Gasteiger partial charge in [-0.25, -0.2) is 0 Å². The highest BCUT2D eigenvalue weighted by Crippen LogP contribution is 2.37. The molecule has 4 nitrogen and oxygen atoms in total. The van der Waals surface area contributed by atoms with E-state index in [9.17, 15) is 9.59 Å². The normalized spacial score (nSPS) is 11.6. The van der Waals surface area contributed by atoms with Gasteiger partial charge in [0.2, 0.25) is 5.91 Å². The third kappa shape index (κ3) is 3.68. The second-order valence-electron chi connectivity index (χ2n) is 6.52. The zero-order valence-corrected chi connectivity index (χ0v) is 17.1. The predicted octanol–water partition coefficient (Wildman–Crippen LogP) is 4.79. The zero-order chi connectivity index (χ0) is 19.0. The van der Waals surface area contributed by atoms with E-state index in [1.165, 1.54) is 38.5 Å². The van der Waals surface area contributed by atoms with E-state index in [2.05, 4.69) is 39.4 Å². The van der Waals surface area contributed by atoms with E-state index in [-0.39, 0.29) is 18.4 Å². The van der Waals surface area contributed by atoms with Gasteiger partial charge >= 0.3 is 0 Å². The molecule has 0 radical (unpaired) electrons. The maximum absolute atomic E-state index is 12.4. The van der Waals surface area contributed by atoms with Gasteiger partial charge in [0.25, 0.3) is 5.91 Å². The number of nitrogens with zero attached hydrogens (tertiary/aromatic N) is 1. The van der Waals surface area contributed by atoms with Gasteiger partial charge in [-0.1, -0.05) is 30.3 Å². The number of nitrogens with one attached hydrogen (secondary N) is 1. The molecule has 0 saturated heterocycles. The summed E-state index contributed by atoms with van der Waals surface area (Å²) in [4.78, 5) is 26.8. The Morgan fingerprint density at radius 2 is 1.85 bits per heavy atom. The second kappa shape index (κ2) is 7.29. The van der Waals surface area contributed by atoms with Crippen LogP contribution in [0.3, 0.4) is 0 Å². The molecule has 0 atom stereocenters. The Labute approximate surface area is 170 Å². The van der Waals surface area contributed by atoms with Gasteiger partial charge in [-0.05, 0) is 68.9 Å². The minimum absolute atomic E-state index is 0.00562. The summed E-state index contributed by atoms with van der Waals surface area (Å²) in [5.41, 5.74) is 5.76. The van der Waals surface area contributed by atoms with Crippen molar-refractivity contribution < 1.29 is 9.59 Å². The van der Waals surface area contributed by atoms with Gasteiger partial charge in [0.15, 0.2) is 0 Å². The highest BCUT2D eigenvalue weighted by atomic mass is 79.9. The van der Waals surface area contributed by atoms with Crippen LogP contribution >= 0.6 is 27.3 Å². The van der Waals surface area contributed by atoms with Crippen molar-refractivity contribution in [3.05, 3.63) is 74.4 Å². The number of thiophene rings is 1. The van der Waals surface area contributed by atoms with Gasteiger partial charge in [0, 0.05) is 12.7 Å². The summed E-state index contributed by atoms with van der Waals surface area (Å²) in [7, 11) is 1.63. The maximum Gasteiger partial charge on any atom is 0.264 e. The molecule has 1 aromatic heterocycles. The number of rotatable bonds is 4. The van der Waals surface area contributed by atoms with E-state index in [0.717, 1.165) is 15.9 Å². The number of carbonyl (C=O) groups is 2. The van der Waals surface area contributed by atoms with Crippen LogP contribution in [0.15, 0.2) is 58.4 Å². The van der Waals surface area contributed by atoms with Gasteiger partial charge in [-0.2, -0.15) is 0 Å². The van der Waals surface area contributed by atoms with Crippen LogP contribution < -0.4 is 5.32 Å². The Morgan fingerprint density at radius 3 is 2.63 bits per heavy atom. The molecule has 2 aromatic carbocycles. The number of amides is 2. The van der Waals surface area contributed by atoms with Crippen LogP contribution in [0.2, 0.25) is 0 Å². The van der Waals surface area contributed by atoms with Gasteiger partial charge in [-0.3, -0.25) is 9.59 Å². The summed E-state index contributed by atoms with van der Waals surface area (Å²) >= 11 is 4.70. The molecule has 6 heteroatoms. The fourth-order valence-corrected chi connectivity index (χ4v) is 4.71. The number of halogens is 1. The quantitative estimate of drug-likeness (QED) is 0.495. The molecule has 1 aliphatic rings. The molecule has 3 aromatic rings. The lowest BCUT2D eigenvalue weighted by Crippen LogP contribution is -2.34. The molecule has 1 N–H and O–H groups in total. The summed E-state index contributed by atoms with van der Waals surface area (Å²) in [5, 5.41) is 2.90. The van der Waals surface area contributed by atoms with E-state index < -0.39 is 0 Å². The predicted molar refractivity (Wildman–Crippen MR) is 112 cm³/mol. The number of hydrogen-bond acceptors (Lipinski definition) is 3. The second-order valence-corrected chi connectivity index (χ2v) is 8.98. The van der Waals surface area contributed by atoms with E-state index in [1.807, 2.05) is 30.3 Å². The molecule has 27 heavy (non-hydrogen) atoms. The van der Waals surface area contributed by atoms with Crippen molar-refractivity contribution in [1.82, 2.24) is 4.90 Å². The molecule has 0 bridgehead atoms. The average molecular weight is 441 g/mol. The lowest BCUT2D eigenvalue weighted by molar-refractivity contribution is -0.116. The Hall–Kier alpha value is -2.44. The molecule has 136 valence electrons. The van der Waals surface area contributed by atoms with Crippen LogP contribution in [-0.2, 0) is 11.2 Å². The lowest BCUT2D eigenvalue weighted by Gasteiger charge is -2.16. The molecule has 0 aliphatic heterocycles. The van der Waals surface area contributed by atoms with Crippen LogP contribution in [-0.4, -0.2) is 30.3 Å². The first-order valence-electron chi connectivity index (χ1n) is 8.53. The topological polar surface area (TPSA) is 49.4 Å². The Kier molecular flexibility index (Phi) is 4.85. The lowest BCUT2D eigenvalue weighted by atomic mass is 10.1. The molecule has 2 amide bonds. The zero-order valence-electron chi connectivity index (χ0n) is 14.7. The molecule has 0 fully saturated rings. The first-order chi connectivity index (χ1) is 13.0. The van der Waals surface area contributed by atoms with Crippen LogP contribution in [0.25, 0.3) is 11.1 Å². The largest absolute Gasteiger partial charge is 0.332 e. The molecular formula is C21H17BrN2O2S. The van der Waals surface area contributed by atoms with Crippen molar-refractivity contribution in [1.29, 1.82) is 0 Å². The Balaban J connectivity index is 1.42. The molecule has 1 aliphatic carbocycles. The molecule has 1 heterocycles. The maximum atomic E-state index is 12.4. The summed E-state index contributed by atoms with van der Waals surface area (Å²) < 4.78 is 0.892. The smallest absolute Gasteiger partial charge is 0.264 e. The van der Waals surface area contributed by atoms with Crippen molar-refractivity contribution >= 4 is 44.8 Å². The van der Waals surface area contributed by atoms with E-state index >= 15 is 0 Å². The number of likely N-dealkylation sites (N-methyl/N-ethyl adjacent to an activating group) is 1. The molecular weight excluding hydrogens is 424 g/mol. The van der Waals surface area contributed by atoms with Crippen LogP contribution in [0.4, 0.5) is 5.69 Å². The minimum Gasteiger partial charge on any atom is -0.332 e. The molecule has 0 spiro atoms. The van der Waals surface area contributed by atoms with E-state index in [1.54, 1.807) is 13.1 Å². The molecule has 0 unspecified atom stereocenters. The van der Waals surface area contributed by atoms with Crippen LogP contribution in [0, 0.1) is 0 Å². The summed E-state index contributed by atoms with van der Waals surface area (Å²) in [5.74, 6) is -0.373. The van der Waals surface area contributed by atoms with Crippen LogP contribution in [0.5, 0.6) is 0 Å². The monoisotopic (exact) mass is 440 g/mol. The van der Waals surface area contributed by atoms with Crippen LogP contribution in [0.1, 0.15) is 20.8 Å². The molecule has 4 rings (SSSR count). The van der Waals surface area contributed by atoms with E-state index in [4.69, 9.17) is 0 Å². The first kappa shape index (κ1) is 17.9. The summed E-state index contributed by atoms with van der Waals surface area (Å²) in [6.07, 6.45) is 0.876. The van der Waals surface area contributed by atoms with Gasteiger partial charge in [-0.15, -0.1) is 11.3 Å². The standard InChI is InChI=1S/C21H17BrN2O2S/c1-24(21(26)18-8-9-19(22)27-18)12-20(25)23-15-6-7-17-14(11-15)10-13-4-2-3-5-16(13)17/h2-9,11H,10,12H2,1H3,(H,23,25). The van der Waals surface area contributed by atoms with Gasteiger partial charge in [0.05, 0.1) is 15.2 Å². The van der Waals surface area contributed by atoms with Crippen molar-refractivity contribution in [2.24, 2.45) is 0 Å². The Bertz CT molecular complexity index is 1040. The minimum atomic E-state index is -0.211. The highest BCUT2D eigenvalue weighted by Gasteiger charge is 2.19. The first-order valence-corrected chi connectivity index (χ1v) is 10.1. The average Bonchev–Trinajstić information content (AvgIpc) is 3.23. The summed E-state index contributed by atoms with van der Waals surface area (Å²) in [6.45, 7) is 0.00562. The SMILES string of the molecule is CN(CC(=O)Nc1ccc2c(c1)Cc1ccccc1-2)C(=O)c1ccc(Br)s1. The number of benzene rings is 2. The summed E-state index contributed by atoms with van der Waals surface area (Å²) in [6, 6.07) is 17.9. The number of carbonyl (C=O) groups excluding carboxylic acids is 2. The van der Waals surface area contributed by atoms with Crippen molar-refractivity contribution in [2.75, 3.05) is 18.9 Å². The number of fused-ring (bicyclic) bond motifs is 3. The van der Waals surface area contributed by atoms with Crippen molar-refractivity contribution in [2.45, 2.75) is 6.42 Å². The highest BCUT2D eigenvalue weighted by molar-refractivity contribution is 9.11. The number of anilines is 1.